The minimum absolute atomic E-state index is 0.113. The van der Waals surface area contributed by atoms with Crippen molar-refractivity contribution in [2.75, 3.05) is 39.4 Å². The number of aliphatic hydroxyl groups is 1. The van der Waals surface area contributed by atoms with Gasteiger partial charge in [-0.05, 0) is 80.9 Å². The van der Waals surface area contributed by atoms with Crippen LogP contribution in [0.4, 0.5) is 0 Å². The van der Waals surface area contributed by atoms with Gasteiger partial charge in [-0.15, -0.1) is 0 Å². The molecule has 1 fully saturated rings. The summed E-state index contributed by atoms with van der Waals surface area (Å²) in [5, 5.41) is 11.3. The number of hydrogen-bond acceptors (Lipinski definition) is 6. The van der Waals surface area contributed by atoms with Crippen LogP contribution in [0.15, 0.2) is 54.1 Å². The molecule has 1 aliphatic heterocycles. The first-order valence-corrected chi connectivity index (χ1v) is 14.4. The van der Waals surface area contributed by atoms with E-state index < -0.39 is 17.7 Å². The summed E-state index contributed by atoms with van der Waals surface area (Å²) in [6.45, 7) is 12.8. The van der Waals surface area contributed by atoms with Gasteiger partial charge in [0, 0.05) is 12.1 Å². The summed E-state index contributed by atoms with van der Waals surface area (Å²) in [6.07, 6.45) is 4.86. The Morgan fingerprint density at radius 1 is 0.821 bits per heavy atom. The van der Waals surface area contributed by atoms with E-state index in [0.717, 1.165) is 63.1 Å². The van der Waals surface area contributed by atoms with E-state index in [1.165, 1.54) is 0 Å². The average molecular weight is 537 g/mol. The highest BCUT2D eigenvalue weighted by atomic mass is 16.5. The maximum Gasteiger partial charge on any atom is 0.295 e. The molecule has 212 valence electrons. The molecule has 1 heterocycles. The van der Waals surface area contributed by atoms with Crippen LogP contribution in [-0.2, 0) is 9.59 Å². The zero-order valence-electron chi connectivity index (χ0n) is 23.9. The molecule has 1 atom stereocenters. The largest absolute Gasteiger partial charge is 0.507 e. The number of Topliss-reactive ketones (excluding diaryl/α,β-unsaturated/α-hetero) is 1. The predicted octanol–water partition coefficient (Wildman–Crippen LogP) is 6.20. The number of carbonyl (C=O) groups excluding carboxylic acids is 2. The number of ketones is 1. The molecule has 1 unspecified atom stereocenters. The maximum absolute atomic E-state index is 13.3. The molecule has 0 radical (unpaired) electrons. The van der Waals surface area contributed by atoms with Crippen LogP contribution < -0.4 is 9.47 Å². The summed E-state index contributed by atoms with van der Waals surface area (Å²) >= 11 is 0. The minimum Gasteiger partial charge on any atom is -0.507 e. The van der Waals surface area contributed by atoms with Crippen molar-refractivity contribution in [2.24, 2.45) is 0 Å². The first kappa shape index (κ1) is 30.2. The van der Waals surface area contributed by atoms with Gasteiger partial charge >= 0.3 is 0 Å². The van der Waals surface area contributed by atoms with Crippen molar-refractivity contribution in [3.63, 3.8) is 0 Å². The molecule has 3 rings (SSSR count). The molecule has 0 spiro atoms. The summed E-state index contributed by atoms with van der Waals surface area (Å²) < 4.78 is 11.5. The lowest BCUT2D eigenvalue weighted by molar-refractivity contribution is -0.140. The third-order valence-electron chi connectivity index (χ3n) is 7.12. The van der Waals surface area contributed by atoms with E-state index in [1.807, 2.05) is 31.2 Å². The Bertz CT molecular complexity index is 1090. The van der Waals surface area contributed by atoms with Crippen molar-refractivity contribution in [3.05, 3.63) is 65.2 Å². The van der Waals surface area contributed by atoms with Gasteiger partial charge in [0.2, 0.25) is 0 Å². The number of amides is 1. The third kappa shape index (κ3) is 7.85. The van der Waals surface area contributed by atoms with Crippen molar-refractivity contribution in [2.45, 2.75) is 65.8 Å². The SMILES string of the molecule is CCCCCOc1ccc(C2/C(=C(\O)c3ccc(OCCC)cc3)C(=O)C(=O)N2CCCN(CC)CC)cc1. The second-order valence-corrected chi connectivity index (χ2v) is 9.87. The lowest BCUT2D eigenvalue weighted by Gasteiger charge is -2.27. The van der Waals surface area contributed by atoms with E-state index in [0.29, 0.717) is 31.1 Å². The average Bonchev–Trinajstić information content (AvgIpc) is 3.21. The van der Waals surface area contributed by atoms with Crippen LogP contribution in [0.25, 0.3) is 5.76 Å². The number of hydrogen-bond donors (Lipinski definition) is 1. The standard InChI is InChI=1S/C32H44N2O5/c1-5-9-10-23-39-27-16-12-24(13-17-27)29-28(30(35)25-14-18-26(19-15-25)38-22-6-2)31(36)32(37)34(29)21-11-20-33(7-3)8-4/h12-19,29,35H,5-11,20-23H2,1-4H3/b30-28+. The molecule has 1 amide bonds. The van der Waals surface area contributed by atoms with E-state index >= 15 is 0 Å². The first-order valence-electron chi connectivity index (χ1n) is 14.4. The molecule has 39 heavy (non-hydrogen) atoms. The topological polar surface area (TPSA) is 79.3 Å². The highest BCUT2D eigenvalue weighted by Gasteiger charge is 2.45. The molecule has 2 aromatic rings. The van der Waals surface area contributed by atoms with E-state index in [1.54, 1.807) is 29.2 Å². The predicted molar refractivity (Wildman–Crippen MR) is 155 cm³/mol. The van der Waals surface area contributed by atoms with Crippen LogP contribution in [0, 0.1) is 0 Å². The van der Waals surface area contributed by atoms with Gasteiger partial charge in [-0.3, -0.25) is 9.59 Å². The number of aliphatic hydroxyl groups excluding tert-OH is 1. The quantitative estimate of drug-likeness (QED) is 0.119. The van der Waals surface area contributed by atoms with Gasteiger partial charge in [-0.2, -0.15) is 0 Å². The molecule has 7 heteroatoms. The van der Waals surface area contributed by atoms with Crippen LogP contribution in [0.3, 0.4) is 0 Å². The summed E-state index contributed by atoms with van der Waals surface area (Å²) in [4.78, 5) is 30.5. The Morgan fingerprint density at radius 2 is 1.44 bits per heavy atom. The Hall–Kier alpha value is -3.32. The number of unbranched alkanes of at least 4 members (excludes halogenated alkanes) is 2. The lowest BCUT2D eigenvalue weighted by Crippen LogP contribution is -2.33. The van der Waals surface area contributed by atoms with Gasteiger partial charge in [-0.25, -0.2) is 0 Å². The summed E-state index contributed by atoms with van der Waals surface area (Å²) in [6, 6.07) is 13.8. The van der Waals surface area contributed by atoms with Crippen molar-refractivity contribution in [1.82, 2.24) is 9.80 Å². The second kappa shape index (κ2) is 15.3. The van der Waals surface area contributed by atoms with E-state index in [9.17, 15) is 14.7 Å². The third-order valence-corrected chi connectivity index (χ3v) is 7.12. The van der Waals surface area contributed by atoms with Gasteiger partial charge in [-0.1, -0.05) is 52.7 Å². The van der Waals surface area contributed by atoms with Crippen molar-refractivity contribution >= 4 is 17.4 Å². The van der Waals surface area contributed by atoms with Gasteiger partial charge in [0.1, 0.15) is 17.3 Å². The molecule has 7 nitrogen and oxygen atoms in total. The van der Waals surface area contributed by atoms with Crippen molar-refractivity contribution in [1.29, 1.82) is 0 Å². The fourth-order valence-corrected chi connectivity index (χ4v) is 4.83. The number of benzene rings is 2. The number of likely N-dealkylation sites (tertiary alicyclic amines) is 1. The maximum atomic E-state index is 13.3. The van der Waals surface area contributed by atoms with Gasteiger partial charge in [0.15, 0.2) is 0 Å². The van der Waals surface area contributed by atoms with Gasteiger partial charge in [0.25, 0.3) is 11.7 Å². The second-order valence-electron chi connectivity index (χ2n) is 9.87. The van der Waals surface area contributed by atoms with E-state index in [-0.39, 0.29) is 11.3 Å². The zero-order chi connectivity index (χ0) is 28.2. The summed E-state index contributed by atoms with van der Waals surface area (Å²) in [5.74, 6) is 0.0225. The molecule has 0 aliphatic carbocycles. The van der Waals surface area contributed by atoms with Crippen LogP contribution in [0.2, 0.25) is 0 Å². The molecule has 1 N–H and O–H groups in total. The van der Waals surface area contributed by atoms with Crippen LogP contribution in [-0.4, -0.2) is 66.0 Å². The Labute approximate surface area is 233 Å². The van der Waals surface area contributed by atoms with E-state index in [4.69, 9.17) is 9.47 Å². The summed E-state index contributed by atoms with van der Waals surface area (Å²) in [7, 11) is 0. The number of rotatable bonds is 16. The lowest BCUT2D eigenvalue weighted by atomic mass is 9.95. The Morgan fingerprint density at radius 3 is 2.03 bits per heavy atom. The molecule has 1 saturated heterocycles. The summed E-state index contributed by atoms with van der Waals surface area (Å²) in [5.41, 5.74) is 1.35. The van der Waals surface area contributed by atoms with Gasteiger partial charge in [0.05, 0.1) is 24.8 Å². The molecule has 2 aromatic carbocycles. The van der Waals surface area contributed by atoms with E-state index in [2.05, 4.69) is 25.7 Å². The Kier molecular flexibility index (Phi) is 11.9. The fourth-order valence-electron chi connectivity index (χ4n) is 4.83. The highest BCUT2D eigenvalue weighted by molar-refractivity contribution is 6.46. The van der Waals surface area contributed by atoms with Crippen LogP contribution >= 0.6 is 0 Å². The normalized spacial score (nSPS) is 16.7. The zero-order valence-corrected chi connectivity index (χ0v) is 23.9. The molecule has 1 aliphatic rings. The smallest absolute Gasteiger partial charge is 0.295 e. The Balaban J connectivity index is 1.93. The molecule has 0 bridgehead atoms. The fraction of sp³-hybridized carbons (Fsp3) is 0.500. The molecule has 0 aromatic heterocycles. The number of carbonyl (C=O) groups is 2. The number of nitrogens with zero attached hydrogens (tertiary/aromatic N) is 2. The monoisotopic (exact) mass is 536 g/mol. The first-order chi connectivity index (χ1) is 18.9. The minimum atomic E-state index is -0.674. The van der Waals surface area contributed by atoms with Crippen molar-refractivity contribution < 1.29 is 24.2 Å². The highest BCUT2D eigenvalue weighted by Crippen LogP contribution is 2.40. The van der Waals surface area contributed by atoms with Crippen LogP contribution in [0.1, 0.15) is 77.0 Å². The molecule has 0 saturated carbocycles. The molecular formula is C32H44N2O5. The van der Waals surface area contributed by atoms with Gasteiger partial charge < -0.3 is 24.4 Å². The van der Waals surface area contributed by atoms with Crippen molar-refractivity contribution in [3.8, 4) is 11.5 Å². The number of ether oxygens (including phenoxy) is 2. The van der Waals surface area contributed by atoms with Crippen LogP contribution in [0.5, 0.6) is 11.5 Å². The molecular weight excluding hydrogens is 492 g/mol.